The van der Waals surface area contributed by atoms with Crippen molar-refractivity contribution >= 4 is 6.21 Å². The summed E-state index contributed by atoms with van der Waals surface area (Å²) in [6, 6.07) is 6.18. The van der Waals surface area contributed by atoms with E-state index in [1.165, 1.54) is 12.0 Å². The van der Waals surface area contributed by atoms with E-state index in [1.807, 2.05) is 18.3 Å². The predicted octanol–water partition coefficient (Wildman–Crippen LogP) is 4.36. The molecule has 0 aliphatic carbocycles. The van der Waals surface area contributed by atoms with Gasteiger partial charge >= 0.3 is 0 Å². The first-order valence-corrected chi connectivity index (χ1v) is 7.24. The molecule has 0 aliphatic rings. The topological polar surface area (TPSA) is 21.6 Å². The maximum Gasteiger partial charge on any atom is 0.127 e. The molecule has 0 radical (unpaired) electrons. The summed E-state index contributed by atoms with van der Waals surface area (Å²) in [5.41, 5.74) is 2.42. The summed E-state index contributed by atoms with van der Waals surface area (Å²) in [6.07, 6.45) is 4.21. The number of benzene rings is 1. The summed E-state index contributed by atoms with van der Waals surface area (Å²) in [5, 5.41) is 0. The summed E-state index contributed by atoms with van der Waals surface area (Å²) in [6.45, 7) is 9.83. The minimum absolute atomic E-state index is 0.635. The van der Waals surface area contributed by atoms with Gasteiger partial charge in [0.2, 0.25) is 0 Å². The van der Waals surface area contributed by atoms with Crippen LogP contribution in [0.3, 0.4) is 0 Å². The Morgan fingerprint density at radius 3 is 2.58 bits per heavy atom. The Labute approximate surface area is 117 Å². The zero-order valence-corrected chi connectivity index (χ0v) is 12.9. The lowest BCUT2D eigenvalue weighted by atomic mass is 9.99. The summed E-state index contributed by atoms with van der Waals surface area (Å²) in [5.74, 6) is 2.29. The van der Waals surface area contributed by atoms with E-state index in [9.17, 15) is 0 Å². The van der Waals surface area contributed by atoms with Gasteiger partial charge in [0.15, 0.2) is 0 Å². The normalized spacial score (nSPS) is 13.2. The second-order valence-corrected chi connectivity index (χ2v) is 5.62. The number of aliphatic imine (C=N–C) groups is 1. The molecule has 1 aromatic carbocycles. The fraction of sp³-hybridized carbons (Fsp3) is 0.588. The molecule has 0 amide bonds. The molecule has 1 aromatic rings. The highest BCUT2D eigenvalue weighted by Crippen LogP contribution is 2.21. The van der Waals surface area contributed by atoms with Gasteiger partial charge in [0.25, 0.3) is 0 Å². The molecule has 0 fully saturated rings. The van der Waals surface area contributed by atoms with Crippen LogP contribution in [0.15, 0.2) is 23.2 Å². The Morgan fingerprint density at radius 2 is 2.00 bits per heavy atom. The standard InChI is InChI=1S/C17H27NO/c1-6-15-8-7-9-17(19-5)16(15)12-18-11-14(4)10-13(2)3/h7-9,12-14H,6,10-11H2,1-5H3. The number of aryl methyl sites for hydroxylation is 1. The van der Waals surface area contributed by atoms with Gasteiger partial charge in [-0.3, -0.25) is 4.99 Å². The van der Waals surface area contributed by atoms with Crippen LogP contribution in [0.2, 0.25) is 0 Å². The van der Waals surface area contributed by atoms with Crippen molar-refractivity contribution in [3.8, 4) is 5.75 Å². The van der Waals surface area contributed by atoms with Crippen LogP contribution in [0.25, 0.3) is 0 Å². The van der Waals surface area contributed by atoms with Crippen LogP contribution in [0.1, 0.15) is 45.2 Å². The highest BCUT2D eigenvalue weighted by molar-refractivity contribution is 5.85. The van der Waals surface area contributed by atoms with Gasteiger partial charge in [-0.25, -0.2) is 0 Å². The second kappa shape index (κ2) is 7.98. The van der Waals surface area contributed by atoms with E-state index in [2.05, 4.69) is 38.8 Å². The molecular weight excluding hydrogens is 234 g/mol. The molecule has 0 N–H and O–H groups in total. The quantitative estimate of drug-likeness (QED) is 0.668. The minimum atomic E-state index is 0.635. The second-order valence-electron chi connectivity index (χ2n) is 5.62. The largest absolute Gasteiger partial charge is 0.496 e. The zero-order chi connectivity index (χ0) is 14.3. The number of rotatable bonds is 7. The highest BCUT2D eigenvalue weighted by atomic mass is 16.5. The third-order valence-electron chi connectivity index (χ3n) is 3.27. The van der Waals surface area contributed by atoms with Gasteiger partial charge < -0.3 is 4.74 Å². The number of nitrogens with zero attached hydrogens (tertiary/aromatic N) is 1. The van der Waals surface area contributed by atoms with Gasteiger partial charge in [-0.05, 0) is 36.3 Å². The molecule has 0 bridgehead atoms. The maximum atomic E-state index is 5.42. The van der Waals surface area contributed by atoms with Crippen molar-refractivity contribution in [2.45, 2.75) is 40.5 Å². The van der Waals surface area contributed by atoms with E-state index in [0.717, 1.165) is 30.2 Å². The van der Waals surface area contributed by atoms with Crippen molar-refractivity contribution in [2.24, 2.45) is 16.8 Å². The third-order valence-corrected chi connectivity index (χ3v) is 3.27. The lowest BCUT2D eigenvalue weighted by molar-refractivity contribution is 0.413. The number of ether oxygens (including phenoxy) is 1. The fourth-order valence-electron chi connectivity index (χ4n) is 2.43. The summed E-state index contributed by atoms with van der Waals surface area (Å²) < 4.78 is 5.42. The molecule has 2 nitrogen and oxygen atoms in total. The van der Waals surface area contributed by atoms with E-state index in [1.54, 1.807) is 7.11 Å². The number of hydrogen-bond donors (Lipinski definition) is 0. The Morgan fingerprint density at radius 1 is 1.26 bits per heavy atom. The lowest BCUT2D eigenvalue weighted by Gasteiger charge is -2.12. The first-order valence-electron chi connectivity index (χ1n) is 7.24. The van der Waals surface area contributed by atoms with Crippen molar-refractivity contribution < 1.29 is 4.74 Å². The summed E-state index contributed by atoms with van der Waals surface area (Å²) in [4.78, 5) is 4.61. The van der Waals surface area contributed by atoms with Crippen LogP contribution in [-0.2, 0) is 6.42 Å². The molecule has 0 aromatic heterocycles. The maximum absolute atomic E-state index is 5.42. The first kappa shape index (κ1) is 15.7. The average Bonchev–Trinajstić information content (AvgIpc) is 2.37. The Hall–Kier alpha value is -1.31. The first-order chi connectivity index (χ1) is 9.08. The lowest BCUT2D eigenvalue weighted by Crippen LogP contribution is -2.04. The van der Waals surface area contributed by atoms with Crippen molar-refractivity contribution in [3.63, 3.8) is 0 Å². The smallest absolute Gasteiger partial charge is 0.127 e. The van der Waals surface area contributed by atoms with E-state index in [-0.39, 0.29) is 0 Å². The van der Waals surface area contributed by atoms with Gasteiger partial charge in [-0.2, -0.15) is 0 Å². The minimum Gasteiger partial charge on any atom is -0.496 e. The van der Waals surface area contributed by atoms with E-state index < -0.39 is 0 Å². The number of hydrogen-bond acceptors (Lipinski definition) is 2. The van der Waals surface area contributed by atoms with Crippen LogP contribution in [-0.4, -0.2) is 19.9 Å². The van der Waals surface area contributed by atoms with E-state index >= 15 is 0 Å². The van der Waals surface area contributed by atoms with Crippen LogP contribution in [0, 0.1) is 11.8 Å². The summed E-state index contributed by atoms with van der Waals surface area (Å²) >= 11 is 0. The van der Waals surface area contributed by atoms with Gasteiger partial charge in [-0.1, -0.05) is 39.8 Å². The SMILES string of the molecule is CCc1cccc(OC)c1C=NCC(C)CC(C)C. The summed E-state index contributed by atoms with van der Waals surface area (Å²) in [7, 11) is 1.72. The van der Waals surface area contributed by atoms with Crippen LogP contribution >= 0.6 is 0 Å². The molecule has 0 saturated carbocycles. The molecule has 1 rings (SSSR count). The molecule has 0 heterocycles. The van der Waals surface area contributed by atoms with Crippen molar-refractivity contribution in [1.29, 1.82) is 0 Å². The molecule has 1 unspecified atom stereocenters. The van der Waals surface area contributed by atoms with Crippen LogP contribution in [0.4, 0.5) is 0 Å². The van der Waals surface area contributed by atoms with Gasteiger partial charge in [-0.15, -0.1) is 0 Å². The molecule has 19 heavy (non-hydrogen) atoms. The Balaban J connectivity index is 2.75. The monoisotopic (exact) mass is 261 g/mol. The molecule has 1 atom stereocenters. The van der Waals surface area contributed by atoms with Crippen LogP contribution in [0.5, 0.6) is 5.75 Å². The van der Waals surface area contributed by atoms with Crippen molar-refractivity contribution in [1.82, 2.24) is 0 Å². The van der Waals surface area contributed by atoms with E-state index in [4.69, 9.17) is 4.74 Å². The van der Waals surface area contributed by atoms with Crippen LogP contribution < -0.4 is 4.74 Å². The van der Waals surface area contributed by atoms with Gasteiger partial charge in [0, 0.05) is 18.3 Å². The van der Waals surface area contributed by atoms with Crippen molar-refractivity contribution in [2.75, 3.05) is 13.7 Å². The molecule has 0 aliphatic heterocycles. The Kier molecular flexibility index (Phi) is 6.61. The average molecular weight is 261 g/mol. The molecule has 2 heteroatoms. The molecule has 106 valence electrons. The number of methoxy groups -OCH3 is 1. The van der Waals surface area contributed by atoms with Gasteiger partial charge in [0.05, 0.1) is 7.11 Å². The Bertz CT molecular complexity index is 387. The molecule has 0 spiro atoms. The zero-order valence-electron chi connectivity index (χ0n) is 12.9. The van der Waals surface area contributed by atoms with Crippen molar-refractivity contribution in [3.05, 3.63) is 29.3 Å². The fourth-order valence-corrected chi connectivity index (χ4v) is 2.43. The highest BCUT2D eigenvalue weighted by Gasteiger charge is 2.06. The molecular formula is C17H27NO. The predicted molar refractivity (Wildman–Crippen MR) is 83.5 cm³/mol. The van der Waals surface area contributed by atoms with E-state index in [0.29, 0.717) is 5.92 Å². The third kappa shape index (κ3) is 5.06. The molecule has 0 saturated heterocycles. The van der Waals surface area contributed by atoms with Gasteiger partial charge in [0.1, 0.15) is 5.75 Å².